The zero-order valence-electron chi connectivity index (χ0n) is 18.4. The molecule has 2 aromatic carbocycles. The first kappa shape index (κ1) is 22.4. The van der Waals surface area contributed by atoms with Crippen molar-refractivity contribution in [3.05, 3.63) is 57.1 Å². The first-order valence-corrected chi connectivity index (χ1v) is 11.2. The predicted molar refractivity (Wildman–Crippen MR) is 123 cm³/mol. The normalized spacial score (nSPS) is 16.1. The number of nitrogen functional groups attached to an aromatic ring is 1. The molecule has 1 saturated heterocycles. The van der Waals surface area contributed by atoms with Gasteiger partial charge in [-0.3, -0.25) is 9.69 Å². The molecule has 0 atom stereocenters. The summed E-state index contributed by atoms with van der Waals surface area (Å²) in [6.45, 7) is 6.38. The highest BCUT2D eigenvalue weighted by Crippen LogP contribution is 2.30. The molecular weight excluding hydrogens is 430 g/mol. The number of fused-ring (bicyclic) bond motifs is 1. The van der Waals surface area contributed by atoms with Crippen molar-refractivity contribution in [2.24, 2.45) is 0 Å². The minimum Gasteiger partial charge on any atom is -0.495 e. The van der Waals surface area contributed by atoms with E-state index >= 15 is 0 Å². The van der Waals surface area contributed by atoms with Crippen LogP contribution in [0.3, 0.4) is 0 Å². The number of methoxy groups -OCH3 is 1. The van der Waals surface area contributed by atoms with Gasteiger partial charge in [-0.2, -0.15) is 0 Å². The summed E-state index contributed by atoms with van der Waals surface area (Å²) >= 11 is 6.28. The second kappa shape index (κ2) is 9.38. The number of hydrogen-bond donors (Lipinski definition) is 1. The number of piperazine rings is 1. The number of amides is 1. The molecule has 0 spiro atoms. The molecule has 32 heavy (non-hydrogen) atoms. The molecule has 0 saturated carbocycles. The van der Waals surface area contributed by atoms with Gasteiger partial charge in [-0.15, -0.1) is 0 Å². The molecule has 1 amide bonds. The molecule has 0 unspecified atom stereocenters. The predicted octanol–water partition coefficient (Wildman–Crippen LogP) is 2.84. The SMILES string of the molecule is COc1cc(CC(=O)N2CCN(CCc3ccc4c(c3C)COC4=O)CC2)c(Cl)cc1N. The molecule has 8 heteroatoms. The summed E-state index contributed by atoms with van der Waals surface area (Å²) in [6.07, 6.45) is 1.13. The fourth-order valence-corrected chi connectivity index (χ4v) is 4.61. The third kappa shape index (κ3) is 4.54. The first-order chi connectivity index (χ1) is 15.4. The van der Waals surface area contributed by atoms with Gasteiger partial charge in [0.05, 0.1) is 24.8 Å². The van der Waals surface area contributed by atoms with Crippen molar-refractivity contribution in [1.29, 1.82) is 0 Å². The van der Waals surface area contributed by atoms with Gasteiger partial charge in [0.15, 0.2) is 0 Å². The van der Waals surface area contributed by atoms with Crippen LogP contribution < -0.4 is 10.5 Å². The van der Waals surface area contributed by atoms with Crippen LogP contribution in [0.1, 0.15) is 32.6 Å². The van der Waals surface area contributed by atoms with Crippen molar-refractivity contribution in [2.75, 3.05) is 45.6 Å². The van der Waals surface area contributed by atoms with Gasteiger partial charge >= 0.3 is 5.97 Å². The zero-order chi connectivity index (χ0) is 22.8. The third-order valence-electron chi connectivity index (χ3n) is 6.44. The lowest BCUT2D eigenvalue weighted by atomic mass is 9.96. The zero-order valence-corrected chi connectivity index (χ0v) is 19.2. The number of carbonyl (C=O) groups excluding carboxylic acids is 2. The average Bonchev–Trinajstić information content (AvgIpc) is 3.17. The highest BCUT2D eigenvalue weighted by molar-refractivity contribution is 6.32. The highest BCUT2D eigenvalue weighted by atomic mass is 35.5. The summed E-state index contributed by atoms with van der Waals surface area (Å²) in [4.78, 5) is 28.8. The topological polar surface area (TPSA) is 85.1 Å². The number of anilines is 1. The van der Waals surface area contributed by atoms with Crippen LogP contribution in [-0.4, -0.2) is 61.5 Å². The van der Waals surface area contributed by atoms with E-state index in [1.54, 1.807) is 19.2 Å². The van der Waals surface area contributed by atoms with Gasteiger partial charge in [-0.25, -0.2) is 4.79 Å². The number of nitrogens with zero attached hydrogens (tertiary/aromatic N) is 2. The Morgan fingerprint density at radius 1 is 1.19 bits per heavy atom. The summed E-state index contributed by atoms with van der Waals surface area (Å²) in [7, 11) is 1.54. The van der Waals surface area contributed by atoms with Crippen molar-refractivity contribution in [3.63, 3.8) is 0 Å². The number of ether oxygens (including phenoxy) is 2. The standard InChI is InChI=1S/C24H28ClN3O4/c1-15-16(3-4-18-19(15)14-32-24(18)30)5-6-27-7-9-28(10-8-27)23(29)12-17-11-22(31-2)21(26)13-20(17)25/h3-4,11,13H,5-10,12,14,26H2,1-2H3. The number of hydrogen-bond acceptors (Lipinski definition) is 6. The fraction of sp³-hybridized carbons (Fsp3) is 0.417. The monoisotopic (exact) mass is 457 g/mol. The van der Waals surface area contributed by atoms with E-state index in [9.17, 15) is 9.59 Å². The molecule has 7 nitrogen and oxygen atoms in total. The van der Waals surface area contributed by atoms with Crippen molar-refractivity contribution >= 4 is 29.2 Å². The molecule has 4 rings (SSSR count). The van der Waals surface area contributed by atoms with Gasteiger partial charge in [0.1, 0.15) is 12.4 Å². The Morgan fingerprint density at radius 2 is 1.94 bits per heavy atom. The lowest BCUT2D eigenvalue weighted by molar-refractivity contribution is -0.132. The summed E-state index contributed by atoms with van der Waals surface area (Å²) < 4.78 is 10.4. The molecule has 2 N–H and O–H groups in total. The number of rotatable bonds is 6. The van der Waals surface area contributed by atoms with E-state index in [1.807, 2.05) is 17.0 Å². The van der Waals surface area contributed by atoms with Crippen LogP contribution >= 0.6 is 11.6 Å². The maximum Gasteiger partial charge on any atom is 0.338 e. The second-order valence-corrected chi connectivity index (χ2v) is 8.69. The van der Waals surface area contributed by atoms with E-state index in [0.29, 0.717) is 41.7 Å². The quantitative estimate of drug-likeness (QED) is 0.530. The van der Waals surface area contributed by atoms with Crippen LogP contribution in [0, 0.1) is 6.92 Å². The maximum absolute atomic E-state index is 12.8. The maximum atomic E-state index is 12.8. The van der Waals surface area contributed by atoms with Crippen molar-refractivity contribution in [3.8, 4) is 5.75 Å². The molecule has 0 aliphatic carbocycles. The summed E-state index contributed by atoms with van der Waals surface area (Å²) in [6, 6.07) is 7.28. The van der Waals surface area contributed by atoms with Gasteiger partial charge in [0, 0.05) is 43.3 Å². The highest BCUT2D eigenvalue weighted by Gasteiger charge is 2.25. The Morgan fingerprint density at radius 3 is 2.66 bits per heavy atom. The Labute approximate surface area is 193 Å². The molecular formula is C24H28ClN3O4. The van der Waals surface area contributed by atoms with Crippen LogP contribution in [0.4, 0.5) is 5.69 Å². The van der Waals surface area contributed by atoms with Crippen molar-refractivity contribution in [1.82, 2.24) is 9.80 Å². The summed E-state index contributed by atoms with van der Waals surface area (Å²) in [5.41, 5.74) is 11.2. The van der Waals surface area contributed by atoms with Crippen molar-refractivity contribution < 1.29 is 19.1 Å². The van der Waals surface area contributed by atoms with Gasteiger partial charge in [-0.1, -0.05) is 17.7 Å². The lowest BCUT2D eigenvalue weighted by Crippen LogP contribution is -2.49. The Kier molecular flexibility index (Phi) is 6.58. The van der Waals surface area contributed by atoms with E-state index < -0.39 is 0 Å². The van der Waals surface area contributed by atoms with Gasteiger partial charge in [0.2, 0.25) is 5.91 Å². The number of esters is 1. The molecule has 2 aliphatic rings. The number of halogens is 1. The second-order valence-electron chi connectivity index (χ2n) is 8.29. The van der Waals surface area contributed by atoms with E-state index in [0.717, 1.165) is 42.7 Å². The first-order valence-electron chi connectivity index (χ1n) is 10.8. The number of cyclic esters (lactones) is 1. The minimum atomic E-state index is -0.228. The lowest BCUT2D eigenvalue weighted by Gasteiger charge is -2.35. The number of carbonyl (C=O) groups is 2. The third-order valence-corrected chi connectivity index (χ3v) is 6.79. The molecule has 0 aromatic heterocycles. The van der Waals surface area contributed by atoms with E-state index in [-0.39, 0.29) is 18.3 Å². The van der Waals surface area contributed by atoms with Crippen LogP contribution in [0.5, 0.6) is 5.75 Å². The van der Waals surface area contributed by atoms with Crippen LogP contribution in [0.25, 0.3) is 0 Å². The molecule has 0 bridgehead atoms. The Hall–Kier alpha value is -2.77. The molecule has 2 aromatic rings. The van der Waals surface area contributed by atoms with E-state index in [4.69, 9.17) is 26.8 Å². The molecule has 2 heterocycles. The van der Waals surface area contributed by atoms with E-state index in [1.165, 1.54) is 5.56 Å². The van der Waals surface area contributed by atoms with Crippen molar-refractivity contribution in [2.45, 2.75) is 26.4 Å². The molecule has 0 radical (unpaired) electrons. The molecule has 1 fully saturated rings. The van der Waals surface area contributed by atoms with Crippen LogP contribution in [-0.2, 0) is 29.0 Å². The number of nitrogens with two attached hydrogens (primary N) is 1. The van der Waals surface area contributed by atoms with Crippen LogP contribution in [0.15, 0.2) is 24.3 Å². The minimum absolute atomic E-state index is 0.0532. The average molecular weight is 458 g/mol. The van der Waals surface area contributed by atoms with Gasteiger partial charge in [-0.05, 0) is 48.2 Å². The molecule has 170 valence electrons. The fourth-order valence-electron chi connectivity index (χ4n) is 4.37. The summed E-state index contributed by atoms with van der Waals surface area (Å²) in [5, 5.41) is 0.479. The largest absolute Gasteiger partial charge is 0.495 e. The summed E-state index contributed by atoms with van der Waals surface area (Å²) in [5.74, 6) is 0.353. The number of benzene rings is 2. The Bertz CT molecular complexity index is 1050. The van der Waals surface area contributed by atoms with Gasteiger partial charge < -0.3 is 20.1 Å². The smallest absolute Gasteiger partial charge is 0.338 e. The van der Waals surface area contributed by atoms with E-state index in [2.05, 4.69) is 11.8 Å². The van der Waals surface area contributed by atoms with Gasteiger partial charge in [0.25, 0.3) is 0 Å². The molecule has 2 aliphatic heterocycles. The van der Waals surface area contributed by atoms with Crippen LogP contribution in [0.2, 0.25) is 5.02 Å². The Balaban J connectivity index is 1.29.